The smallest absolute Gasteiger partial charge is 0.225 e. The van der Waals surface area contributed by atoms with Crippen molar-refractivity contribution >= 4 is 35.8 Å². The van der Waals surface area contributed by atoms with Crippen molar-refractivity contribution in [1.82, 2.24) is 15.5 Å². The second-order valence-electron chi connectivity index (χ2n) is 8.42. The van der Waals surface area contributed by atoms with E-state index in [0.29, 0.717) is 23.9 Å². The topological polar surface area (TPSA) is 56.7 Å². The number of guanidine groups is 1. The van der Waals surface area contributed by atoms with Crippen molar-refractivity contribution in [1.29, 1.82) is 0 Å². The lowest BCUT2D eigenvalue weighted by Crippen LogP contribution is -2.46. The van der Waals surface area contributed by atoms with E-state index in [9.17, 15) is 4.79 Å². The number of nitrogens with zero attached hydrogens (tertiary/aromatic N) is 2. The molecule has 2 saturated carbocycles. The quantitative estimate of drug-likeness (QED) is 0.382. The molecule has 1 heterocycles. The van der Waals surface area contributed by atoms with Crippen molar-refractivity contribution in [2.24, 2.45) is 10.9 Å². The van der Waals surface area contributed by atoms with Crippen LogP contribution in [0.1, 0.15) is 55.6 Å². The van der Waals surface area contributed by atoms with Crippen LogP contribution in [0.3, 0.4) is 0 Å². The highest BCUT2D eigenvalue weighted by atomic mass is 127. The fourth-order valence-electron chi connectivity index (χ4n) is 4.75. The highest BCUT2D eigenvalue weighted by molar-refractivity contribution is 14.0. The summed E-state index contributed by atoms with van der Waals surface area (Å²) in [4.78, 5) is 19.1. The molecule has 3 fully saturated rings. The van der Waals surface area contributed by atoms with Gasteiger partial charge < -0.3 is 15.5 Å². The van der Waals surface area contributed by atoms with Gasteiger partial charge in [0.05, 0.1) is 0 Å². The average Bonchev–Trinajstić information content (AvgIpc) is 3.07. The molecule has 28 heavy (non-hydrogen) atoms. The van der Waals surface area contributed by atoms with Crippen LogP contribution in [0.25, 0.3) is 0 Å². The Labute approximate surface area is 185 Å². The Morgan fingerprint density at radius 3 is 2.61 bits per heavy atom. The summed E-state index contributed by atoms with van der Waals surface area (Å²) in [7, 11) is 1.83. The number of halogens is 1. The summed E-state index contributed by atoms with van der Waals surface area (Å²) in [5.41, 5.74) is 2.81. The van der Waals surface area contributed by atoms with Crippen LogP contribution in [0.5, 0.6) is 0 Å². The zero-order valence-electron chi connectivity index (χ0n) is 17.0. The molecule has 1 aliphatic heterocycles. The Morgan fingerprint density at radius 2 is 1.89 bits per heavy atom. The predicted octanol–water partition coefficient (Wildman–Crippen LogP) is 3.43. The van der Waals surface area contributed by atoms with Gasteiger partial charge in [0.2, 0.25) is 5.91 Å². The largest absolute Gasteiger partial charge is 0.353 e. The minimum absolute atomic E-state index is 0. The highest BCUT2D eigenvalue weighted by Gasteiger charge is 2.40. The van der Waals surface area contributed by atoms with E-state index < -0.39 is 0 Å². The summed E-state index contributed by atoms with van der Waals surface area (Å²) >= 11 is 0. The number of likely N-dealkylation sites (tertiary alicyclic amines) is 1. The second-order valence-corrected chi connectivity index (χ2v) is 8.42. The van der Waals surface area contributed by atoms with Crippen molar-refractivity contribution in [3.63, 3.8) is 0 Å². The molecule has 1 saturated heterocycles. The fourth-order valence-corrected chi connectivity index (χ4v) is 4.75. The first-order valence-corrected chi connectivity index (χ1v) is 10.5. The summed E-state index contributed by atoms with van der Waals surface area (Å²) in [6.07, 6.45) is 6.75. The summed E-state index contributed by atoms with van der Waals surface area (Å²) in [6, 6.07) is 9.41. The SMILES string of the molecule is CN=C(NC1CCN(C(=O)C2CCCC2)C1)NC1CC1c1ccccc1C.I. The number of amides is 1. The van der Waals surface area contributed by atoms with E-state index >= 15 is 0 Å². The number of rotatable bonds is 4. The summed E-state index contributed by atoms with van der Waals surface area (Å²) in [5, 5.41) is 7.12. The standard InChI is InChI=1S/C22H32N4O.HI/c1-15-7-3-6-10-18(15)19-13-20(19)25-22(23-2)24-17-11-12-26(14-17)21(27)16-8-4-5-9-16;/h3,6-7,10,16-17,19-20H,4-5,8-9,11-14H2,1-2H3,(H2,23,24,25);1H. The van der Waals surface area contributed by atoms with Gasteiger partial charge in [-0.25, -0.2) is 0 Å². The lowest BCUT2D eigenvalue weighted by molar-refractivity contribution is -0.134. The minimum Gasteiger partial charge on any atom is -0.353 e. The lowest BCUT2D eigenvalue weighted by Gasteiger charge is -2.21. The molecule has 3 aliphatic rings. The first-order valence-electron chi connectivity index (χ1n) is 10.5. The Kier molecular flexibility index (Phi) is 7.23. The maximum atomic E-state index is 12.6. The van der Waals surface area contributed by atoms with Crippen LogP contribution in [-0.2, 0) is 4.79 Å². The molecule has 1 aromatic rings. The lowest BCUT2D eigenvalue weighted by atomic mass is 10.0. The number of nitrogens with one attached hydrogen (secondary N) is 2. The van der Waals surface area contributed by atoms with Gasteiger partial charge in [-0.15, -0.1) is 24.0 Å². The minimum atomic E-state index is 0. The van der Waals surface area contributed by atoms with E-state index in [1.54, 1.807) is 0 Å². The first-order chi connectivity index (χ1) is 13.2. The van der Waals surface area contributed by atoms with E-state index in [4.69, 9.17) is 0 Å². The van der Waals surface area contributed by atoms with Gasteiger partial charge in [0.25, 0.3) is 0 Å². The van der Waals surface area contributed by atoms with Crippen LogP contribution < -0.4 is 10.6 Å². The number of hydrogen-bond acceptors (Lipinski definition) is 2. The van der Waals surface area contributed by atoms with Crippen molar-refractivity contribution in [3.8, 4) is 0 Å². The first kappa shape index (κ1) is 21.4. The molecule has 5 nitrogen and oxygen atoms in total. The normalized spacial score (nSPS) is 27.4. The molecule has 3 unspecified atom stereocenters. The summed E-state index contributed by atoms with van der Waals surface area (Å²) in [5.74, 6) is 2.11. The zero-order chi connectivity index (χ0) is 18.8. The Bertz CT molecular complexity index is 716. The van der Waals surface area contributed by atoms with Gasteiger partial charge in [0.1, 0.15) is 0 Å². The van der Waals surface area contributed by atoms with Crippen molar-refractivity contribution in [2.45, 2.75) is 63.5 Å². The number of benzene rings is 1. The van der Waals surface area contributed by atoms with Gasteiger partial charge in [-0.1, -0.05) is 37.1 Å². The molecule has 0 radical (unpaired) electrons. The summed E-state index contributed by atoms with van der Waals surface area (Å²) < 4.78 is 0. The molecular weight excluding hydrogens is 463 g/mol. The monoisotopic (exact) mass is 496 g/mol. The van der Waals surface area contributed by atoms with Crippen LogP contribution >= 0.6 is 24.0 Å². The molecule has 1 aromatic carbocycles. The Morgan fingerprint density at radius 1 is 1.14 bits per heavy atom. The number of carbonyl (C=O) groups excluding carboxylic acids is 1. The molecule has 154 valence electrons. The van der Waals surface area contributed by atoms with Crippen molar-refractivity contribution in [2.75, 3.05) is 20.1 Å². The molecule has 1 amide bonds. The molecule has 2 N–H and O–H groups in total. The number of aliphatic imine (C=N–C) groups is 1. The molecule has 0 spiro atoms. The van der Waals surface area contributed by atoms with E-state index in [1.807, 2.05) is 7.05 Å². The molecule has 2 aliphatic carbocycles. The van der Waals surface area contributed by atoms with E-state index in [2.05, 4.69) is 51.7 Å². The number of hydrogen-bond donors (Lipinski definition) is 2. The zero-order valence-corrected chi connectivity index (χ0v) is 19.3. The fraction of sp³-hybridized carbons (Fsp3) is 0.636. The van der Waals surface area contributed by atoms with Gasteiger partial charge in [-0.2, -0.15) is 0 Å². The van der Waals surface area contributed by atoms with Gasteiger partial charge in [0, 0.05) is 44.1 Å². The molecular formula is C22H33IN4O. The molecule has 4 rings (SSSR count). The summed E-state index contributed by atoms with van der Waals surface area (Å²) in [6.45, 7) is 3.87. The molecule has 0 bridgehead atoms. The number of aryl methyl sites for hydroxylation is 1. The molecule has 6 heteroatoms. The average molecular weight is 496 g/mol. The Hall–Kier alpha value is -1.31. The maximum Gasteiger partial charge on any atom is 0.225 e. The number of carbonyl (C=O) groups is 1. The van der Waals surface area contributed by atoms with Crippen LogP contribution in [-0.4, -0.2) is 49.0 Å². The van der Waals surface area contributed by atoms with Gasteiger partial charge in [-0.3, -0.25) is 9.79 Å². The van der Waals surface area contributed by atoms with Crippen LogP contribution in [0.15, 0.2) is 29.3 Å². The van der Waals surface area contributed by atoms with Crippen molar-refractivity contribution in [3.05, 3.63) is 35.4 Å². The van der Waals surface area contributed by atoms with Crippen LogP contribution in [0.4, 0.5) is 0 Å². The van der Waals surface area contributed by atoms with Gasteiger partial charge in [0.15, 0.2) is 5.96 Å². The maximum absolute atomic E-state index is 12.6. The third kappa shape index (κ3) is 4.81. The van der Waals surface area contributed by atoms with E-state index in [0.717, 1.165) is 44.7 Å². The third-order valence-corrected chi connectivity index (χ3v) is 6.47. The van der Waals surface area contributed by atoms with Crippen molar-refractivity contribution < 1.29 is 4.79 Å². The highest BCUT2D eigenvalue weighted by Crippen LogP contribution is 2.42. The Balaban J connectivity index is 0.00000225. The van der Waals surface area contributed by atoms with Gasteiger partial charge >= 0.3 is 0 Å². The predicted molar refractivity (Wildman–Crippen MR) is 124 cm³/mol. The van der Waals surface area contributed by atoms with E-state index in [-0.39, 0.29) is 29.9 Å². The third-order valence-electron chi connectivity index (χ3n) is 6.47. The van der Waals surface area contributed by atoms with Crippen LogP contribution in [0.2, 0.25) is 0 Å². The van der Waals surface area contributed by atoms with E-state index in [1.165, 1.54) is 24.0 Å². The van der Waals surface area contributed by atoms with Crippen LogP contribution in [0, 0.1) is 12.8 Å². The molecule has 0 aromatic heterocycles. The van der Waals surface area contributed by atoms with Gasteiger partial charge in [-0.05, 0) is 43.7 Å². The molecule has 3 atom stereocenters. The second kappa shape index (κ2) is 9.46.